The van der Waals surface area contributed by atoms with Gasteiger partial charge in [-0.1, -0.05) is 0 Å². The van der Waals surface area contributed by atoms with Gasteiger partial charge in [0.2, 0.25) is 23.6 Å². The molecule has 55 nitrogen and oxygen atoms in total. The second-order valence-corrected chi connectivity index (χ2v) is 31.3. The monoisotopic (exact) mass is 1790 g/mol. The number of nitrogens with one attached hydrogen (secondary N) is 4. The molecule has 121 heavy (non-hydrogen) atoms. The molecule has 0 aromatic carbocycles. The lowest BCUT2D eigenvalue weighted by molar-refractivity contribution is -0.397. The summed E-state index contributed by atoms with van der Waals surface area (Å²) in [6, 6.07) is -7.71. The molecule has 46 atom stereocenters. The third kappa shape index (κ3) is 23.2. The molecule has 1 unspecified atom stereocenters. The highest BCUT2D eigenvalue weighted by Crippen LogP contribution is 2.41. The van der Waals surface area contributed by atoms with Crippen LogP contribution in [0.3, 0.4) is 0 Å². The Bertz CT molecular complexity index is 3470. The lowest BCUT2D eigenvalue weighted by Crippen LogP contribution is -2.71. The Kier molecular flexibility index (Phi) is 35.4. The Labute approximate surface area is 684 Å². The van der Waals surface area contributed by atoms with Gasteiger partial charge in [0.1, 0.15) is 207 Å². The van der Waals surface area contributed by atoms with Gasteiger partial charge >= 0.3 is 16.4 Å². The van der Waals surface area contributed by atoms with Crippen LogP contribution in [0.5, 0.6) is 0 Å². The molecule has 9 rings (SSSR count). The van der Waals surface area contributed by atoms with Crippen molar-refractivity contribution in [2.45, 2.75) is 323 Å². The van der Waals surface area contributed by atoms with Gasteiger partial charge in [-0.2, -0.15) is 8.42 Å². The third-order valence-corrected chi connectivity index (χ3v) is 21.9. The van der Waals surface area contributed by atoms with Crippen molar-refractivity contribution in [1.82, 2.24) is 21.3 Å². The number of hydrogen-bond donors (Lipinski definition) is 30. The summed E-state index contributed by atoms with van der Waals surface area (Å²) in [5, 5.41) is 287. The first-order valence-electron chi connectivity index (χ1n) is 37.8. The van der Waals surface area contributed by atoms with Gasteiger partial charge in [-0.15, -0.1) is 0 Å². The summed E-state index contributed by atoms with van der Waals surface area (Å²) in [4.78, 5) is 63.9. The fourth-order valence-corrected chi connectivity index (χ4v) is 15.3. The van der Waals surface area contributed by atoms with Crippen LogP contribution in [0.2, 0.25) is 0 Å². The van der Waals surface area contributed by atoms with Crippen LogP contribution in [-0.4, -0.2) is 505 Å². The Hall–Kier alpha value is -4.42. The maximum absolute atomic E-state index is 13.2. The van der Waals surface area contributed by atoms with Crippen LogP contribution in [0.4, 0.5) is 0 Å². The molecular formula is C65H108N4O51S. The minimum atomic E-state index is -5.63. The highest BCUT2D eigenvalue weighted by atomic mass is 32.3. The number of aliphatic carboxylic acids is 1. The van der Waals surface area contributed by atoms with E-state index >= 15 is 0 Å². The molecule has 0 spiro atoms. The van der Waals surface area contributed by atoms with E-state index < -0.39 is 381 Å². The van der Waals surface area contributed by atoms with Crippen LogP contribution in [0.1, 0.15) is 41.0 Å². The van der Waals surface area contributed by atoms with E-state index in [0.29, 0.717) is 0 Å². The molecule has 9 saturated heterocycles. The Morgan fingerprint density at radius 2 is 0.785 bits per heavy atom. The largest absolute Gasteiger partial charge is 0.477 e. The zero-order valence-corrected chi connectivity index (χ0v) is 65.4. The summed E-state index contributed by atoms with van der Waals surface area (Å²) in [5.74, 6) is -9.07. The fraction of sp³-hybridized carbons (Fsp3) is 0.923. The van der Waals surface area contributed by atoms with Gasteiger partial charge < -0.3 is 229 Å². The molecule has 9 aliphatic heterocycles. The van der Waals surface area contributed by atoms with Crippen LogP contribution < -0.4 is 21.3 Å². The van der Waals surface area contributed by atoms with Crippen molar-refractivity contribution >= 4 is 40.0 Å². The van der Waals surface area contributed by atoms with E-state index in [1.165, 1.54) is 6.92 Å². The van der Waals surface area contributed by atoms with Crippen LogP contribution >= 0.6 is 0 Å². The van der Waals surface area contributed by atoms with Gasteiger partial charge in [0, 0.05) is 34.1 Å². The van der Waals surface area contributed by atoms with Crippen LogP contribution in [-0.2, 0) is 119 Å². The smallest absolute Gasteiger partial charge is 0.397 e. The van der Waals surface area contributed by atoms with Crippen molar-refractivity contribution in [2.24, 2.45) is 0 Å². The number of carbonyl (C=O) groups excluding carboxylic acids is 4. The summed E-state index contributed by atoms with van der Waals surface area (Å²) in [7, 11) is -5.63. The van der Waals surface area contributed by atoms with Crippen molar-refractivity contribution < 1.29 is 249 Å². The number of ether oxygens (including phenoxy) is 17. The molecule has 700 valence electrons. The standard InChI is InChI=1S/C65H108N4O51S/c1-15-33(80)42(89)46(93)59(107-15)104-12-27-51(39(86)30(56(97)108-27)67-17(3)75)115-57-31(68-18(4)76)40(87)50(24(10-73)111-57)116-62-49(96)54(38(85)25(112-62)11-103-60-47(94)43(90)35(82)22(8-71)109-60)118-63-55(45(92)36(83)23(9-72)110-63)119-58-32(69-19(5)77)41(88)52(28(114-58)14-106-121(100,101)102)117-61-48(95)44(91)37(84)26(113-61)13-105-65(64(98)99)6-20(78)29(66-16(2)74)53(120-65)34(81)21(79)7-70/h15,20-63,70-73,78-97H,6-14H2,1-5H3,(H,66,74)(H,67,75)(H,68,76)(H,69,77)(H,98,99)(H,100,101,102)/t15-,20-,21+,22+,23+,24+,25+,26+,27+,28+,29+,30+,31+,32+,33+,34+,35+,36+,37-,38+,39+,40+,41+,42+,43-,44-,45-,46-,47-,48+,49-,50+,51+,52+,53+,54-,55-,56?,57-,58-,59+,60-,61-,62-,63+,65+/m0/s1. The van der Waals surface area contributed by atoms with Gasteiger partial charge in [0.25, 0.3) is 5.79 Å². The molecular weight excluding hydrogens is 1680 g/mol. The Morgan fingerprint density at radius 3 is 1.30 bits per heavy atom. The molecule has 56 heteroatoms. The number of carbonyl (C=O) groups is 5. The van der Waals surface area contributed by atoms with Crippen LogP contribution in [0.25, 0.3) is 0 Å². The van der Waals surface area contributed by atoms with Crippen LogP contribution in [0.15, 0.2) is 0 Å². The zero-order valence-electron chi connectivity index (χ0n) is 64.6. The second-order valence-electron chi connectivity index (χ2n) is 30.2. The predicted molar refractivity (Wildman–Crippen MR) is 370 cm³/mol. The third-order valence-electron chi connectivity index (χ3n) is 21.5. The number of hydrogen-bond acceptors (Lipinski definition) is 49. The summed E-state index contributed by atoms with van der Waals surface area (Å²) in [5.41, 5.74) is 0. The zero-order chi connectivity index (χ0) is 89.8. The van der Waals surface area contributed by atoms with Crippen molar-refractivity contribution in [3.63, 3.8) is 0 Å². The molecule has 0 aliphatic carbocycles. The number of carboxylic acids is 1. The van der Waals surface area contributed by atoms with Gasteiger partial charge in [-0.25, -0.2) is 8.98 Å². The molecule has 0 saturated carbocycles. The van der Waals surface area contributed by atoms with E-state index in [0.717, 1.165) is 27.7 Å². The van der Waals surface area contributed by atoms with Gasteiger partial charge in [0.05, 0.1) is 71.1 Å². The highest BCUT2D eigenvalue weighted by Gasteiger charge is 2.62. The number of rotatable bonds is 33. The van der Waals surface area contributed by atoms with Gasteiger partial charge in [-0.05, 0) is 6.92 Å². The fourth-order valence-electron chi connectivity index (χ4n) is 15.0. The highest BCUT2D eigenvalue weighted by molar-refractivity contribution is 7.80. The maximum Gasteiger partial charge on any atom is 0.397 e. The molecule has 0 bridgehead atoms. The van der Waals surface area contributed by atoms with Crippen molar-refractivity contribution in [3.05, 3.63) is 0 Å². The normalized spacial score (nSPS) is 46.8. The predicted octanol–water partition coefficient (Wildman–Crippen LogP) is -20.0. The lowest BCUT2D eigenvalue weighted by Gasteiger charge is -2.51. The summed E-state index contributed by atoms with van der Waals surface area (Å²) >= 11 is 0. The summed E-state index contributed by atoms with van der Waals surface area (Å²) in [6.45, 7) is -4.57. The quantitative estimate of drug-likeness (QED) is 0.0271. The topological polar surface area (TPSA) is 860 Å². The van der Waals surface area contributed by atoms with E-state index in [9.17, 15) is 165 Å². The molecule has 0 aromatic heterocycles. The van der Waals surface area contributed by atoms with Crippen molar-refractivity contribution in [2.75, 3.05) is 52.9 Å². The number of amides is 4. The Balaban J connectivity index is 1.01. The average Bonchev–Trinajstić information content (AvgIpc) is 0.763. The molecule has 0 aromatic rings. The molecule has 0 radical (unpaired) electrons. The van der Waals surface area contributed by atoms with Gasteiger partial charge in [-0.3, -0.25) is 23.7 Å². The van der Waals surface area contributed by atoms with E-state index in [1.807, 2.05) is 0 Å². The molecule has 9 heterocycles. The molecule has 9 fully saturated rings. The van der Waals surface area contributed by atoms with Crippen LogP contribution in [0, 0.1) is 0 Å². The van der Waals surface area contributed by atoms with E-state index in [1.54, 1.807) is 0 Å². The number of carboxylic acid groups (broad SMARTS) is 1. The van der Waals surface area contributed by atoms with Crippen molar-refractivity contribution in [3.8, 4) is 0 Å². The number of aliphatic hydroxyl groups excluding tert-OH is 24. The number of aliphatic hydroxyl groups is 24. The minimum Gasteiger partial charge on any atom is -0.477 e. The second kappa shape index (κ2) is 42.7. The summed E-state index contributed by atoms with van der Waals surface area (Å²) < 4.78 is 138. The first kappa shape index (κ1) is 100. The van der Waals surface area contributed by atoms with E-state index in [4.69, 9.17) is 80.5 Å². The molecule has 9 aliphatic rings. The van der Waals surface area contributed by atoms with E-state index in [-0.39, 0.29) is 0 Å². The molecule has 30 N–H and O–H groups in total. The first-order valence-corrected chi connectivity index (χ1v) is 39.1. The molecule has 4 amide bonds. The van der Waals surface area contributed by atoms with E-state index in [2.05, 4.69) is 25.5 Å². The van der Waals surface area contributed by atoms with Crippen molar-refractivity contribution in [1.29, 1.82) is 0 Å². The maximum atomic E-state index is 13.2. The minimum absolute atomic E-state index is 0.811. The lowest BCUT2D eigenvalue weighted by atomic mass is 9.88. The van der Waals surface area contributed by atoms with Gasteiger partial charge in [0.15, 0.2) is 50.3 Å². The first-order chi connectivity index (χ1) is 56.7. The summed E-state index contributed by atoms with van der Waals surface area (Å²) in [6.07, 6.45) is -90.2. The average molecular weight is 1790 g/mol. The SMILES string of the molecule is CC(=O)N[C@H]1[C@H](O[C@H]2[C@H](O)[C@@H](NC(C)=O)C(O)O[C@@H]2CO[C@@H]2O[C@@H](C)[C@@H](O)[C@@H](O)[C@@H]2O)O[C@H](CO)[C@@H](O[C@@H]2O[C@H](CO[C@H]3O[C@H](CO)[C@@H](O)[C@H](O)[C@@H]3O)[C@@H](O)[C@H](O[C@H]3O[C@H](CO)[C@@H](O)[C@H](O)[C@@H]3O[C@@H]3O[C@H](COS(=O)(=O)O)[C@@H](O[C@@H]4O[C@H](CO[C@]5(C(=O)O)C[C@H](O)[C@@H](NC(C)=O)[C@H]([C@H](O)[C@H](O)CO)O5)[C@H](O)[C@H](O)[C@H]4O)[C@H](O)[C@H]3NC(C)=O)[C@@H]2O)[C@@H]1O. The Morgan fingerprint density at radius 1 is 0.397 bits per heavy atom.